The number of halogens is 1. The van der Waals surface area contributed by atoms with Gasteiger partial charge in [0, 0.05) is 18.4 Å². The number of fused-ring (bicyclic) bond motifs is 1. The minimum Gasteiger partial charge on any atom is -0.358 e. The van der Waals surface area contributed by atoms with Crippen molar-refractivity contribution in [3.8, 4) is 11.3 Å². The second-order valence-electron chi connectivity index (χ2n) is 8.51. The van der Waals surface area contributed by atoms with E-state index in [9.17, 15) is 12.8 Å². The summed E-state index contributed by atoms with van der Waals surface area (Å²) in [4.78, 5) is 17.8. The lowest BCUT2D eigenvalue weighted by Gasteiger charge is -2.23. The Morgan fingerprint density at radius 2 is 2.06 bits per heavy atom. The lowest BCUT2D eigenvalue weighted by molar-refractivity contribution is -0.0298. The molecule has 0 spiro atoms. The van der Waals surface area contributed by atoms with Gasteiger partial charge in [-0.1, -0.05) is 6.92 Å². The number of imidazole rings is 1. The van der Waals surface area contributed by atoms with Crippen molar-refractivity contribution in [1.29, 1.82) is 0 Å². The van der Waals surface area contributed by atoms with Crippen molar-refractivity contribution in [2.24, 2.45) is 0 Å². The third-order valence-corrected chi connectivity index (χ3v) is 7.35. The fourth-order valence-electron chi connectivity index (χ4n) is 4.21. The number of sulfonamides is 1. The molecule has 1 fully saturated rings. The number of benzene rings is 1. The van der Waals surface area contributed by atoms with Gasteiger partial charge in [-0.3, -0.25) is 9.29 Å². The number of nitrogens with zero attached hydrogens (tertiary/aromatic N) is 5. The van der Waals surface area contributed by atoms with Crippen LogP contribution in [0.15, 0.2) is 49.2 Å². The average Bonchev–Trinajstić information content (AvgIpc) is 3.31. The van der Waals surface area contributed by atoms with Gasteiger partial charge in [0.25, 0.3) is 0 Å². The van der Waals surface area contributed by atoms with Gasteiger partial charge < -0.3 is 10.1 Å². The summed E-state index contributed by atoms with van der Waals surface area (Å²) in [5, 5.41) is 2.99. The van der Waals surface area contributed by atoms with Crippen molar-refractivity contribution in [1.82, 2.24) is 24.5 Å². The maximum absolute atomic E-state index is 14.7. The van der Waals surface area contributed by atoms with Crippen LogP contribution < -0.4 is 10.0 Å². The van der Waals surface area contributed by atoms with Gasteiger partial charge in [0.05, 0.1) is 23.5 Å². The van der Waals surface area contributed by atoms with Gasteiger partial charge in [-0.2, -0.15) is 0 Å². The highest BCUT2D eigenvalue weighted by Gasteiger charge is 2.22. The van der Waals surface area contributed by atoms with E-state index in [0.717, 1.165) is 19.3 Å². The van der Waals surface area contributed by atoms with E-state index >= 15 is 0 Å². The van der Waals surface area contributed by atoms with Crippen molar-refractivity contribution in [2.45, 2.75) is 38.8 Å². The first kappa shape index (κ1) is 24.1. The molecule has 36 heavy (non-hydrogen) atoms. The molecule has 4 aromatic rings. The molecule has 5 rings (SSSR count). The maximum Gasteiger partial charge on any atom is 0.232 e. The number of hydrogen-bond acceptors (Lipinski definition) is 8. The second-order valence-corrected chi connectivity index (χ2v) is 10.3. The Morgan fingerprint density at radius 3 is 2.86 bits per heavy atom. The molecule has 0 radical (unpaired) electrons. The highest BCUT2D eigenvalue weighted by Crippen LogP contribution is 2.34. The summed E-state index contributed by atoms with van der Waals surface area (Å²) in [5.41, 5.74) is 2.66. The summed E-state index contributed by atoms with van der Waals surface area (Å²) in [5.74, 6) is -0.246. The molecule has 0 aliphatic carbocycles. The van der Waals surface area contributed by atoms with Crippen LogP contribution in [-0.4, -0.2) is 45.3 Å². The predicted octanol–water partition coefficient (Wildman–Crippen LogP) is 4.62. The summed E-state index contributed by atoms with van der Waals surface area (Å²) >= 11 is 0. The van der Waals surface area contributed by atoms with Crippen LogP contribution in [0.4, 0.5) is 21.6 Å². The Bertz CT molecular complexity index is 1490. The van der Waals surface area contributed by atoms with Crippen molar-refractivity contribution in [3.05, 3.63) is 55.0 Å². The molecule has 4 heterocycles. The number of nitrogens with one attached hydrogen (secondary N) is 2. The maximum atomic E-state index is 14.7. The molecule has 1 atom stereocenters. The molecule has 12 heteroatoms. The van der Waals surface area contributed by atoms with Gasteiger partial charge in [0.15, 0.2) is 5.65 Å². The highest BCUT2D eigenvalue weighted by atomic mass is 32.2. The van der Waals surface area contributed by atoms with Crippen LogP contribution in [0, 0.1) is 5.82 Å². The Kier molecular flexibility index (Phi) is 6.79. The monoisotopic (exact) mass is 511 g/mol. The molecule has 188 valence electrons. The summed E-state index contributed by atoms with van der Waals surface area (Å²) in [6, 6.07) is 7.52. The Labute approximate surface area is 208 Å². The van der Waals surface area contributed by atoms with E-state index in [1.807, 2.05) is 4.57 Å². The fourth-order valence-corrected chi connectivity index (χ4v) is 5.34. The minimum absolute atomic E-state index is 0.0280. The minimum atomic E-state index is -3.52. The zero-order valence-corrected chi connectivity index (χ0v) is 20.5. The van der Waals surface area contributed by atoms with Gasteiger partial charge in [0.1, 0.15) is 35.4 Å². The summed E-state index contributed by atoms with van der Waals surface area (Å²) in [6.45, 7) is 2.47. The van der Waals surface area contributed by atoms with Crippen LogP contribution in [0.3, 0.4) is 0 Å². The number of rotatable bonds is 8. The molecule has 1 aliphatic rings. The van der Waals surface area contributed by atoms with E-state index in [1.165, 1.54) is 24.5 Å². The summed E-state index contributed by atoms with van der Waals surface area (Å²) in [6.07, 6.45) is 8.05. The SMILES string of the molecule is CCCS(=O)(=O)Nc1ccc(F)c(Nc2ncccc2-c2ncnc3c2ncn3C2CCCCO2)c1. The van der Waals surface area contributed by atoms with Crippen molar-refractivity contribution in [3.63, 3.8) is 0 Å². The number of ether oxygens (including phenoxy) is 1. The van der Waals surface area contributed by atoms with Crippen molar-refractivity contribution < 1.29 is 17.5 Å². The van der Waals surface area contributed by atoms with Crippen LogP contribution in [0.5, 0.6) is 0 Å². The fraction of sp³-hybridized carbons (Fsp3) is 0.333. The smallest absolute Gasteiger partial charge is 0.232 e. The van der Waals surface area contributed by atoms with Gasteiger partial charge in [-0.15, -0.1) is 0 Å². The molecule has 0 saturated carbocycles. The zero-order chi connectivity index (χ0) is 25.1. The third-order valence-electron chi connectivity index (χ3n) is 5.85. The Hall–Kier alpha value is -3.64. The molecule has 1 unspecified atom stereocenters. The molecule has 1 saturated heterocycles. The van der Waals surface area contributed by atoms with E-state index in [0.29, 0.717) is 41.3 Å². The van der Waals surface area contributed by atoms with E-state index < -0.39 is 15.8 Å². The second kappa shape index (κ2) is 10.2. The molecule has 3 aromatic heterocycles. The van der Waals surface area contributed by atoms with Gasteiger partial charge in [0.2, 0.25) is 10.0 Å². The number of hydrogen-bond donors (Lipinski definition) is 2. The Morgan fingerprint density at radius 1 is 1.17 bits per heavy atom. The quantitative estimate of drug-likeness (QED) is 0.351. The van der Waals surface area contributed by atoms with Crippen molar-refractivity contribution >= 4 is 38.4 Å². The molecule has 0 bridgehead atoms. The number of aromatic nitrogens is 5. The number of pyridine rings is 1. The van der Waals surface area contributed by atoms with Crippen LogP contribution >= 0.6 is 0 Å². The first-order chi connectivity index (χ1) is 17.4. The molecule has 2 N–H and O–H groups in total. The van der Waals surface area contributed by atoms with Crippen LogP contribution in [0.25, 0.3) is 22.4 Å². The lowest BCUT2D eigenvalue weighted by Crippen LogP contribution is -2.17. The van der Waals surface area contributed by atoms with E-state index in [2.05, 4.69) is 30.0 Å². The third kappa shape index (κ3) is 5.00. The molecule has 0 amide bonds. The molecule has 10 nitrogen and oxygen atoms in total. The van der Waals surface area contributed by atoms with Crippen molar-refractivity contribution in [2.75, 3.05) is 22.4 Å². The number of anilines is 3. The Balaban J connectivity index is 1.50. The van der Waals surface area contributed by atoms with Crippen LogP contribution in [0.1, 0.15) is 38.8 Å². The van der Waals surface area contributed by atoms with Crippen LogP contribution in [-0.2, 0) is 14.8 Å². The van der Waals surface area contributed by atoms with E-state index in [-0.39, 0.29) is 23.4 Å². The summed E-state index contributed by atoms with van der Waals surface area (Å²) < 4.78 is 49.3. The van der Waals surface area contributed by atoms with Gasteiger partial charge in [-0.05, 0) is 56.0 Å². The van der Waals surface area contributed by atoms with Gasteiger partial charge in [-0.25, -0.2) is 32.7 Å². The first-order valence-corrected chi connectivity index (χ1v) is 13.4. The average molecular weight is 512 g/mol. The zero-order valence-electron chi connectivity index (χ0n) is 19.7. The lowest BCUT2D eigenvalue weighted by atomic mass is 10.1. The predicted molar refractivity (Wildman–Crippen MR) is 135 cm³/mol. The van der Waals surface area contributed by atoms with Crippen LogP contribution in [0.2, 0.25) is 0 Å². The largest absolute Gasteiger partial charge is 0.358 e. The molecular formula is C24H26FN7O3S. The molecule has 1 aliphatic heterocycles. The molecular weight excluding hydrogens is 485 g/mol. The van der Waals surface area contributed by atoms with E-state index in [4.69, 9.17) is 4.74 Å². The molecule has 1 aromatic carbocycles. The summed E-state index contributed by atoms with van der Waals surface area (Å²) in [7, 11) is -3.52. The van der Waals surface area contributed by atoms with Gasteiger partial charge >= 0.3 is 0 Å². The first-order valence-electron chi connectivity index (χ1n) is 11.8. The standard InChI is InChI=1S/C24H26FN7O3S/c1-2-12-36(33,34)31-16-8-9-18(25)19(13-16)30-23-17(6-5-10-26-23)21-22-24(28-14-27-21)32(15-29-22)20-7-3-4-11-35-20/h5-6,8-10,13-15,20,31H,2-4,7,11-12H2,1H3,(H,26,30). The van der Waals surface area contributed by atoms with E-state index in [1.54, 1.807) is 31.6 Å². The topological polar surface area (TPSA) is 124 Å². The normalized spacial score (nSPS) is 16.2. The highest BCUT2D eigenvalue weighted by molar-refractivity contribution is 7.92.